The molecule has 3 aromatic rings. The fourth-order valence-electron chi connectivity index (χ4n) is 1.78. The van der Waals surface area contributed by atoms with Crippen molar-refractivity contribution in [3.63, 3.8) is 0 Å². The standard InChI is InChI=1S/C14H10N4S/c1-9-5-6-11-12(7-9)18-14(17-11)19-13-4-2-3-10(8-15)16-13/h2-7H,1H3,(H,17,18). The van der Waals surface area contributed by atoms with Crippen molar-refractivity contribution in [3.05, 3.63) is 47.7 Å². The van der Waals surface area contributed by atoms with Gasteiger partial charge in [-0.15, -0.1) is 0 Å². The Morgan fingerprint density at radius 3 is 2.95 bits per heavy atom. The Labute approximate surface area is 114 Å². The van der Waals surface area contributed by atoms with Gasteiger partial charge in [0.15, 0.2) is 5.16 Å². The van der Waals surface area contributed by atoms with Gasteiger partial charge in [-0.2, -0.15) is 5.26 Å². The summed E-state index contributed by atoms with van der Waals surface area (Å²) in [4.78, 5) is 12.0. The summed E-state index contributed by atoms with van der Waals surface area (Å²) in [5.74, 6) is 0. The van der Waals surface area contributed by atoms with Crippen LogP contribution in [-0.2, 0) is 0 Å². The summed E-state index contributed by atoms with van der Waals surface area (Å²) in [7, 11) is 0. The van der Waals surface area contributed by atoms with E-state index in [9.17, 15) is 0 Å². The fourth-order valence-corrected chi connectivity index (χ4v) is 2.58. The molecule has 0 fully saturated rings. The maximum absolute atomic E-state index is 8.83. The lowest BCUT2D eigenvalue weighted by atomic mass is 10.2. The van der Waals surface area contributed by atoms with Crippen LogP contribution in [0.3, 0.4) is 0 Å². The zero-order chi connectivity index (χ0) is 13.2. The van der Waals surface area contributed by atoms with Crippen LogP contribution in [0.15, 0.2) is 46.6 Å². The Balaban J connectivity index is 1.94. The lowest BCUT2D eigenvalue weighted by molar-refractivity contribution is 1.05. The van der Waals surface area contributed by atoms with Gasteiger partial charge in [0.2, 0.25) is 0 Å². The SMILES string of the molecule is Cc1ccc2nc(Sc3cccc(C#N)n3)[nH]c2c1. The molecule has 0 radical (unpaired) electrons. The molecule has 2 heterocycles. The minimum atomic E-state index is 0.414. The van der Waals surface area contributed by atoms with Crippen LogP contribution in [0, 0.1) is 18.3 Å². The van der Waals surface area contributed by atoms with E-state index in [1.54, 1.807) is 6.07 Å². The van der Waals surface area contributed by atoms with E-state index in [1.807, 2.05) is 37.3 Å². The Bertz CT molecular complexity index is 785. The number of aromatic nitrogens is 3. The number of nitrogens with one attached hydrogen (secondary N) is 1. The van der Waals surface area contributed by atoms with Gasteiger partial charge in [-0.3, -0.25) is 0 Å². The summed E-state index contributed by atoms with van der Waals surface area (Å²) in [5.41, 5.74) is 3.55. The van der Waals surface area contributed by atoms with Crippen molar-refractivity contribution in [2.24, 2.45) is 0 Å². The van der Waals surface area contributed by atoms with E-state index in [4.69, 9.17) is 5.26 Å². The van der Waals surface area contributed by atoms with Crippen molar-refractivity contribution in [1.29, 1.82) is 5.26 Å². The maximum Gasteiger partial charge on any atom is 0.172 e. The van der Waals surface area contributed by atoms with E-state index in [1.165, 1.54) is 17.3 Å². The minimum absolute atomic E-state index is 0.414. The highest BCUT2D eigenvalue weighted by Gasteiger charge is 2.06. The third-order valence-electron chi connectivity index (χ3n) is 2.65. The summed E-state index contributed by atoms with van der Waals surface area (Å²) in [6, 6.07) is 13.5. The largest absolute Gasteiger partial charge is 0.333 e. The number of pyridine rings is 1. The van der Waals surface area contributed by atoms with Gasteiger partial charge in [0.25, 0.3) is 0 Å². The van der Waals surface area contributed by atoms with Crippen molar-refractivity contribution in [2.45, 2.75) is 17.1 Å². The number of aromatic amines is 1. The van der Waals surface area contributed by atoms with Crippen LogP contribution in [0.2, 0.25) is 0 Å². The van der Waals surface area contributed by atoms with Gasteiger partial charge < -0.3 is 4.98 Å². The van der Waals surface area contributed by atoms with Crippen molar-refractivity contribution in [1.82, 2.24) is 15.0 Å². The van der Waals surface area contributed by atoms with Crippen LogP contribution in [0.1, 0.15) is 11.3 Å². The molecular formula is C14H10N4S. The second-order valence-electron chi connectivity index (χ2n) is 4.14. The molecule has 1 aromatic carbocycles. The first-order valence-electron chi connectivity index (χ1n) is 5.76. The fraction of sp³-hybridized carbons (Fsp3) is 0.0714. The van der Waals surface area contributed by atoms with Crippen LogP contribution < -0.4 is 0 Å². The Kier molecular flexibility index (Phi) is 2.94. The van der Waals surface area contributed by atoms with Gasteiger partial charge >= 0.3 is 0 Å². The van der Waals surface area contributed by atoms with Gasteiger partial charge in [0.05, 0.1) is 11.0 Å². The van der Waals surface area contributed by atoms with E-state index < -0.39 is 0 Å². The quantitative estimate of drug-likeness (QED) is 0.773. The molecular weight excluding hydrogens is 256 g/mol. The van der Waals surface area contributed by atoms with Gasteiger partial charge in [-0.1, -0.05) is 12.1 Å². The number of hydrogen-bond donors (Lipinski definition) is 1. The third-order valence-corrected chi connectivity index (χ3v) is 3.48. The Morgan fingerprint density at radius 1 is 1.21 bits per heavy atom. The molecule has 92 valence electrons. The number of rotatable bonds is 2. The average molecular weight is 266 g/mol. The van der Waals surface area contributed by atoms with Gasteiger partial charge in [-0.25, -0.2) is 9.97 Å². The zero-order valence-electron chi connectivity index (χ0n) is 10.2. The Morgan fingerprint density at radius 2 is 2.11 bits per heavy atom. The molecule has 19 heavy (non-hydrogen) atoms. The van der Waals surface area contributed by atoms with Crippen LogP contribution in [-0.4, -0.2) is 15.0 Å². The van der Waals surface area contributed by atoms with E-state index in [2.05, 4.69) is 21.0 Å². The second kappa shape index (κ2) is 4.75. The normalized spacial score (nSPS) is 10.5. The number of H-pyrrole nitrogens is 1. The summed E-state index contributed by atoms with van der Waals surface area (Å²) in [6.45, 7) is 2.05. The molecule has 0 bridgehead atoms. The molecule has 0 saturated heterocycles. The Hall–Kier alpha value is -2.32. The maximum atomic E-state index is 8.83. The number of aryl methyl sites for hydroxylation is 1. The van der Waals surface area contributed by atoms with Crippen molar-refractivity contribution in [3.8, 4) is 6.07 Å². The van der Waals surface area contributed by atoms with E-state index in [0.29, 0.717) is 5.69 Å². The molecule has 0 aliphatic carbocycles. The first-order chi connectivity index (χ1) is 9.24. The van der Waals surface area contributed by atoms with Crippen LogP contribution in [0.25, 0.3) is 11.0 Å². The lowest BCUT2D eigenvalue weighted by Gasteiger charge is -1.96. The molecule has 0 amide bonds. The monoisotopic (exact) mass is 266 g/mol. The van der Waals surface area contributed by atoms with Crippen molar-refractivity contribution < 1.29 is 0 Å². The summed E-state index contributed by atoms with van der Waals surface area (Å²) in [5, 5.41) is 10.4. The molecule has 1 N–H and O–H groups in total. The molecule has 0 aliphatic heterocycles. The first-order valence-corrected chi connectivity index (χ1v) is 6.57. The molecule has 0 unspecified atom stereocenters. The number of benzene rings is 1. The number of nitrogens with zero attached hydrogens (tertiary/aromatic N) is 3. The highest BCUT2D eigenvalue weighted by atomic mass is 32.2. The van der Waals surface area contributed by atoms with Crippen LogP contribution >= 0.6 is 11.8 Å². The molecule has 0 atom stereocenters. The average Bonchev–Trinajstić information content (AvgIpc) is 2.80. The third kappa shape index (κ3) is 2.44. The number of fused-ring (bicyclic) bond motifs is 1. The molecule has 0 saturated carbocycles. The topological polar surface area (TPSA) is 65.4 Å². The number of nitriles is 1. The lowest BCUT2D eigenvalue weighted by Crippen LogP contribution is -1.85. The molecule has 0 spiro atoms. The summed E-state index contributed by atoms with van der Waals surface area (Å²) in [6.07, 6.45) is 0. The summed E-state index contributed by atoms with van der Waals surface area (Å²) < 4.78 is 0. The van der Waals surface area contributed by atoms with E-state index in [0.717, 1.165) is 21.2 Å². The van der Waals surface area contributed by atoms with Gasteiger partial charge in [0.1, 0.15) is 16.8 Å². The van der Waals surface area contributed by atoms with Crippen LogP contribution in [0.4, 0.5) is 0 Å². The van der Waals surface area contributed by atoms with Crippen LogP contribution in [0.5, 0.6) is 0 Å². The smallest absolute Gasteiger partial charge is 0.172 e. The van der Waals surface area contributed by atoms with Crippen molar-refractivity contribution in [2.75, 3.05) is 0 Å². The summed E-state index contributed by atoms with van der Waals surface area (Å²) >= 11 is 1.42. The second-order valence-corrected chi connectivity index (χ2v) is 5.15. The number of imidazole rings is 1. The van der Waals surface area contributed by atoms with E-state index >= 15 is 0 Å². The highest BCUT2D eigenvalue weighted by Crippen LogP contribution is 2.26. The molecule has 2 aromatic heterocycles. The predicted octanol–water partition coefficient (Wildman–Crippen LogP) is 3.29. The molecule has 4 nitrogen and oxygen atoms in total. The minimum Gasteiger partial charge on any atom is -0.333 e. The van der Waals surface area contributed by atoms with Gasteiger partial charge in [0, 0.05) is 0 Å². The first kappa shape index (κ1) is 11.8. The predicted molar refractivity (Wildman–Crippen MR) is 73.9 cm³/mol. The van der Waals surface area contributed by atoms with Gasteiger partial charge in [-0.05, 0) is 48.5 Å². The number of hydrogen-bond acceptors (Lipinski definition) is 4. The van der Waals surface area contributed by atoms with E-state index in [-0.39, 0.29) is 0 Å². The zero-order valence-corrected chi connectivity index (χ0v) is 11.0. The molecule has 5 heteroatoms. The molecule has 3 rings (SSSR count). The van der Waals surface area contributed by atoms with Crippen molar-refractivity contribution >= 4 is 22.8 Å². The molecule has 0 aliphatic rings. The highest BCUT2D eigenvalue weighted by molar-refractivity contribution is 7.99.